The molecule has 0 bridgehead atoms. The van der Waals surface area contributed by atoms with E-state index in [2.05, 4.69) is 6.92 Å². The fourth-order valence-corrected chi connectivity index (χ4v) is 2.03. The number of carbonyl (C=O) groups is 2. The molecule has 0 aromatic carbocycles. The number of carboxylic acid groups (broad SMARTS) is 1. The quantitative estimate of drug-likeness (QED) is 0.417. The lowest BCUT2D eigenvalue weighted by Crippen LogP contribution is -2.33. The van der Waals surface area contributed by atoms with Gasteiger partial charge in [0.05, 0.1) is 0 Å². The van der Waals surface area contributed by atoms with Gasteiger partial charge in [0.2, 0.25) is 0 Å². The van der Waals surface area contributed by atoms with Crippen LogP contribution >= 0.6 is 0 Å². The molecule has 0 radical (unpaired) electrons. The fourth-order valence-electron chi connectivity index (χ4n) is 2.03. The Morgan fingerprint density at radius 3 is 1.68 bits per heavy atom. The molecule has 0 aromatic rings. The van der Waals surface area contributed by atoms with E-state index in [0.717, 1.165) is 19.3 Å². The predicted octanol–water partition coefficient (Wildman–Crippen LogP) is 4.59. The topological polar surface area (TPSA) is 54.4 Å². The fraction of sp³-hybridized carbons (Fsp3) is 0.875. The van der Waals surface area contributed by atoms with Gasteiger partial charge in [-0.25, -0.2) is 0 Å². The summed E-state index contributed by atoms with van der Waals surface area (Å²) >= 11 is 0. The van der Waals surface area contributed by atoms with Crippen molar-refractivity contribution in [1.82, 2.24) is 0 Å². The number of Topliss-reactive ketones (excluding diaryl/α,β-unsaturated/α-hetero) is 1. The van der Waals surface area contributed by atoms with Gasteiger partial charge in [-0.05, 0) is 20.3 Å². The summed E-state index contributed by atoms with van der Waals surface area (Å²) in [5.41, 5.74) is -1.22. The second-order valence-electron chi connectivity index (χ2n) is 5.93. The summed E-state index contributed by atoms with van der Waals surface area (Å²) in [6.45, 7) is 5.20. The first kappa shape index (κ1) is 18.1. The molecule has 0 spiro atoms. The third kappa shape index (κ3) is 8.02. The van der Waals surface area contributed by atoms with Gasteiger partial charge in [0, 0.05) is 6.42 Å². The lowest BCUT2D eigenvalue weighted by molar-refractivity contribution is -0.152. The summed E-state index contributed by atoms with van der Waals surface area (Å²) in [6, 6.07) is 0. The zero-order chi connectivity index (χ0) is 14.7. The van der Waals surface area contributed by atoms with E-state index >= 15 is 0 Å². The molecule has 0 rings (SSSR count). The van der Waals surface area contributed by atoms with Crippen molar-refractivity contribution in [3.63, 3.8) is 0 Å². The molecule has 1 N–H and O–H groups in total. The molecule has 0 heterocycles. The molecule has 0 aromatic heterocycles. The summed E-state index contributed by atoms with van der Waals surface area (Å²) < 4.78 is 0. The molecule has 0 atom stereocenters. The highest BCUT2D eigenvalue weighted by molar-refractivity contribution is 6.02. The van der Waals surface area contributed by atoms with Crippen molar-refractivity contribution >= 4 is 11.8 Å². The van der Waals surface area contributed by atoms with Crippen molar-refractivity contribution < 1.29 is 14.7 Å². The maximum absolute atomic E-state index is 11.7. The minimum atomic E-state index is -1.22. The lowest BCUT2D eigenvalue weighted by Gasteiger charge is -2.17. The van der Waals surface area contributed by atoms with Gasteiger partial charge in [-0.1, -0.05) is 58.3 Å². The maximum atomic E-state index is 11.7. The van der Waals surface area contributed by atoms with E-state index in [9.17, 15) is 9.59 Å². The summed E-state index contributed by atoms with van der Waals surface area (Å²) in [5, 5.41) is 8.93. The van der Waals surface area contributed by atoms with Gasteiger partial charge in [-0.2, -0.15) is 0 Å². The van der Waals surface area contributed by atoms with Gasteiger partial charge in [0.15, 0.2) is 0 Å². The highest BCUT2D eigenvalue weighted by Gasteiger charge is 2.34. The molecule has 0 unspecified atom stereocenters. The van der Waals surface area contributed by atoms with Crippen molar-refractivity contribution in [2.24, 2.45) is 5.41 Å². The van der Waals surface area contributed by atoms with Crippen LogP contribution in [0.1, 0.15) is 85.0 Å². The number of hydrogen-bond donors (Lipinski definition) is 1. The number of carbonyl (C=O) groups excluding carboxylic acids is 1. The first-order valence-electron chi connectivity index (χ1n) is 7.69. The first-order chi connectivity index (χ1) is 8.92. The summed E-state index contributed by atoms with van der Waals surface area (Å²) in [6.07, 6.45) is 11.2. The van der Waals surface area contributed by atoms with Crippen LogP contribution in [-0.4, -0.2) is 16.9 Å². The average molecular weight is 270 g/mol. The highest BCUT2D eigenvalue weighted by atomic mass is 16.4. The largest absolute Gasteiger partial charge is 0.481 e. The number of carboxylic acids is 1. The van der Waals surface area contributed by atoms with E-state index in [1.807, 2.05) is 0 Å². The molecule has 0 saturated heterocycles. The van der Waals surface area contributed by atoms with Gasteiger partial charge < -0.3 is 5.11 Å². The van der Waals surface area contributed by atoms with Crippen LogP contribution in [0.25, 0.3) is 0 Å². The number of aliphatic carboxylic acids is 1. The number of rotatable bonds is 12. The van der Waals surface area contributed by atoms with Crippen LogP contribution in [0.5, 0.6) is 0 Å². The van der Waals surface area contributed by atoms with Crippen LogP contribution in [0.15, 0.2) is 0 Å². The van der Waals surface area contributed by atoms with Gasteiger partial charge >= 0.3 is 5.97 Å². The van der Waals surface area contributed by atoms with E-state index < -0.39 is 11.4 Å². The lowest BCUT2D eigenvalue weighted by atomic mass is 9.85. The van der Waals surface area contributed by atoms with E-state index in [1.54, 1.807) is 0 Å². The molecular formula is C16H30O3. The summed E-state index contributed by atoms with van der Waals surface area (Å²) in [4.78, 5) is 22.6. The second-order valence-corrected chi connectivity index (χ2v) is 5.93. The molecule has 0 aliphatic rings. The normalized spacial score (nSPS) is 11.5. The molecule has 19 heavy (non-hydrogen) atoms. The van der Waals surface area contributed by atoms with Crippen LogP contribution in [0.3, 0.4) is 0 Å². The Kier molecular flexibility index (Phi) is 9.54. The molecule has 112 valence electrons. The Balaban J connectivity index is 3.50. The first-order valence-corrected chi connectivity index (χ1v) is 7.69. The van der Waals surface area contributed by atoms with Gasteiger partial charge in [0.1, 0.15) is 11.2 Å². The molecule has 0 aliphatic carbocycles. The Morgan fingerprint density at radius 1 is 0.842 bits per heavy atom. The molecule has 0 fully saturated rings. The number of unbranched alkanes of at least 4 members (excludes halogenated alkanes) is 8. The zero-order valence-electron chi connectivity index (χ0n) is 12.8. The van der Waals surface area contributed by atoms with Gasteiger partial charge in [-0.3, -0.25) is 9.59 Å². The van der Waals surface area contributed by atoms with Crippen molar-refractivity contribution in [3.05, 3.63) is 0 Å². The van der Waals surface area contributed by atoms with E-state index in [-0.39, 0.29) is 5.78 Å². The Bertz CT molecular complexity index is 269. The van der Waals surface area contributed by atoms with Crippen LogP contribution in [-0.2, 0) is 9.59 Å². The SMILES string of the molecule is CCCCCCCCCCCC(=O)C(C)(C)C(=O)O. The average Bonchev–Trinajstić information content (AvgIpc) is 2.36. The number of hydrogen-bond acceptors (Lipinski definition) is 2. The molecular weight excluding hydrogens is 240 g/mol. The van der Waals surface area contributed by atoms with Crippen LogP contribution in [0, 0.1) is 5.41 Å². The molecule has 3 heteroatoms. The Morgan fingerprint density at radius 2 is 1.26 bits per heavy atom. The van der Waals surface area contributed by atoms with E-state index in [1.165, 1.54) is 52.4 Å². The minimum absolute atomic E-state index is 0.150. The third-order valence-corrected chi connectivity index (χ3v) is 3.74. The maximum Gasteiger partial charge on any atom is 0.316 e. The molecule has 0 saturated carbocycles. The molecule has 3 nitrogen and oxygen atoms in total. The van der Waals surface area contributed by atoms with Crippen molar-refractivity contribution in [1.29, 1.82) is 0 Å². The van der Waals surface area contributed by atoms with Crippen LogP contribution < -0.4 is 0 Å². The van der Waals surface area contributed by atoms with Crippen LogP contribution in [0.4, 0.5) is 0 Å². The van der Waals surface area contributed by atoms with E-state index in [0.29, 0.717) is 6.42 Å². The second kappa shape index (κ2) is 9.99. The summed E-state index contributed by atoms with van der Waals surface area (Å²) in [5.74, 6) is -1.17. The van der Waals surface area contributed by atoms with Crippen molar-refractivity contribution in [3.8, 4) is 0 Å². The minimum Gasteiger partial charge on any atom is -0.481 e. The highest BCUT2D eigenvalue weighted by Crippen LogP contribution is 2.20. The number of ketones is 1. The third-order valence-electron chi connectivity index (χ3n) is 3.74. The van der Waals surface area contributed by atoms with Crippen molar-refractivity contribution in [2.45, 2.75) is 85.0 Å². The summed E-state index contributed by atoms with van der Waals surface area (Å²) in [7, 11) is 0. The van der Waals surface area contributed by atoms with E-state index in [4.69, 9.17) is 5.11 Å². The monoisotopic (exact) mass is 270 g/mol. The standard InChI is InChI=1S/C16H30O3/c1-4-5-6-7-8-9-10-11-12-13-14(17)16(2,3)15(18)19/h4-13H2,1-3H3,(H,18,19). The molecule has 0 amide bonds. The van der Waals surface area contributed by atoms with Gasteiger partial charge in [-0.15, -0.1) is 0 Å². The Hall–Kier alpha value is -0.860. The molecule has 0 aliphatic heterocycles. The van der Waals surface area contributed by atoms with Crippen LogP contribution in [0.2, 0.25) is 0 Å². The van der Waals surface area contributed by atoms with Gasteiger partial charge in [0.25, 0.3) is 0 Å². The predicted molar refractivity (Wildman–Crippen MR) is 78.3 cm³/mol. The zero-order valence-corrected chi connectivity index (χ0v) is 12.8. The Labute approximate surface area is 117 Å². The van der Waals surface area contributed by atoms with Crippen molar-refractivity contribution in [2.75, 3.05) is 0 Å². The smallest absolute Gasteiger partial charge is 0.316 e.